The predicted molar refractivity (Wildman–Crippen MR) is 113 cm³/mol. The van der Waals surface area contributed by atoms with E-state index in [1.807, 2.05) is 0 Å². The van der Waals surface area contributed by atoms with Crippen molar-refractivity contribution in [2.75, 3.05) is 11.1 Å². The third-order valence-electron chi connectivity index (χ3n) is 3.52. The summed E-state index contributed by atoms with van der Waals surface area (Å²) in [6, 6.07) is 10.9. The van der Waals surface area contributed by atoms with Crippen LogP contribution < -0.4 is 11.1 Å². The second kappa shape index (κ2) is 10.1. The number of carbonyl (C=O) groups excluding carboxylic acids is 1. The first kappa shape index (κ1) is 22.5. The number of hydrogen-bond donors (Lipinski definition) is 2. The largest absolute Gasteiger partial charge is 0.397 e. The number of benzene rings is 2. The summed E-state index contributed by atoms with van der Waals surface area (Å²) in [5.41, 5.74) is 5.87. The Hall–Kier alpha value is -3.76. The number of nitro groups is 2. The molecule has 0 bridgehead atoms. The van der Waals surface area contributed by atoms with Gasteiger partial charge in [0.15, 0.2) is 0 Å². The van der Waals surface area contributed by atoms with Crippen LogP contribution in [0.15, 0.2) is 60.9 Å². The molecule has 0 saturated carbocycles. The van der Waals surface area contributed by atoms with Crippen molar-refractivity contribution in [2.24, 2.45) is 0 Å². The normalized spacial score (nSPS) is 9.80. The van der Waals surface area contributed by atoms with Crippen molar-refractivity contribution < 1.29 is 14.6 Å². The van der Waals surface area contributed by atoms with Gasteiger partial charge in [-0.05, 0) is 24.3 Å². The Morgan fingerprint density at radius 3 is 2.10 bits per heavy atom. The van der Waals surface area contributed by atoms with Crippen molar-refractivity contribution in [3.05, 3.63) is 96.8 Å². The first-order chi connectivity index (χ1) is 14.2. The fourth-order valence-corrected chi connectivity index (χ4v) is 2.34. The van der Waals surface area contributed by atoms with Gasteiger partial charge in [0.2, 0.25) is 0 Å². The maximum Gasteiger partial charge on any atom is 0.271 e. The number of aromatic nitrogens is 1. The monoisotopic (exact) mass is 449 g/mol. The maximum atomic E-state index is 11.9. The Balaban J connectivity index is 0.000000248. The number of halogens is 2. The van der Waals surface area contributed by atoms with Gasteiger partial charge in [0.05, 0.1) is 36.8 Å². The SMILES string of the molecule is Nc1cc([N+](=O)[O-])ccc1Cl.O=C(Nc1cc([N+](=O)[O-])ccc1Cl)c1cccnc1. The molecule has 0 aliphatic carbocycles. The third kappa shape index (κ3) is 6.12. The lowest BCUT2D eigenvalue weighted by molar-refractivity contribution is -0.385. The molecule has 2 aromatic carbocycles. The Morgan fingerprint density at radius 1 is 0.967 bits per heavy atom. The fourth-order valence-electron chi connectivity index (χ4n) is 2.06. The summed E-state index contributed by atoms with van der Waals surface area (Å²) in [5.74, 6) is -0.435. The van der Waals surface area contributed by atoms with Crippen LogP contribution in [0, 0.1) is 20.2 Å². The van der Waals surface area contributed by atoms with Crippen LogP contribution in [-0.4, -0.2) is 20.7 Å². The van der Waals surface area contributed by atoms with Gasteiger partial charge in [0.1, 0.15) is 0 Å². The van der Waals surface area contributed by atoms with Crippen molar-refractivity contribution in [3.63, 3.8) is 0 Å². The zero-order valence-corrected chi connectivity index (χ0v) is 16.5. The summed E-state index contributed by atoms with van der Waals surface area (Å²) < 4.78 is 0. The average molecular weight is 450 g/mol. The zero-order chi connectivity index (χ0) is 22.3. The van der Waals surface area contributed by atoms with Crippen LogP contribution >= 0.6 is 23.2 Å². The van der Waals surface area contributed by atoms with E-state index in [9.17, 15) is 25.0 Å². The van der Waals surface area contributed by atoms with Crippen molar-refractivity contribution in [1.82, 2.24) is 4.98 Å². The quantitative estimate of drug-likeness (QED) is 0.331. The molecule has 12 heteroatoms. The summed E-state index contributed by atoms with van der Waals surface area (Å²) in [6.07, 6.45) is 2.93. The Kier molecular flexibility index (Phi) is 7.62. The lowest BCUT2D eigenvalue weighted by Crippen LogP contribution is -2.12. The van der Waals surface area contributed by atoms with Gasteiger partial charge in [-0.15, -0.1) is 0 Å². The number of nitrogens with one attached hydrogen (secondary N) is 1. The van der Waals surface area contributed by atoms with Crippen LogP contribution in [0.4, 0.5) is 22.7 Å². The molecule has 10 nitrogen and oxygen atoms in total. The number of nitro benzene ring substituents is 2. The summed E-state index contributed by atoms with van der Waals surface area (Å²) in [7, 11) is 0. The summed E-state index contributed by atoms with van der Waals surface area (Å²) in [4.78, 5) is 35.4. The highest BCUT2D eigenvalue weighted by Crippen LogP contribution is 2.27. The number of hydrogen-bond acceptors (Lipinski definition) is 7. The third-order valence-corrected chi connectivity index (χ3v) is 4.20. The van der Waals surface area contributed by atoms with Crippen molar-refractivity contribution >= 4 is 51.9 Å². The van der Waals surface area contributed by atoms with E-state index in [1.165, 1.54) is 48.8 Å². The van der Waals surface area contributed by atoms with Gasteiger partial charge in [-0.3, -0.25) is 30.0 Å². The number of non-ortho nitro benzene ring substituents is 2. The van der Waals surface area contributed by atoms with Crippen LogP contribution in [0.2, 0.25) is 10.0 Å². The maximum absolute atomic E-state index is 11.9. The van der Waals surface area contributed by atoms with Crippen molar-refractivity contribution in [1.29, 1.82) is 0 Å². The van der Waals surface area contributed by atoms with Gasteiger partial charge < -0.3 is 11.1 Å². The minimum atomic E-state index is -0.559. The molecule has 3 N–H and O–H groups in total. The molecule has 154 valence electrons. The Labute approximate surface area is 179 Å². The number of rotatable bonds is 4. The van der Waals surface area contributed by atoms with Crippen LogP contribution in [0.1, 0.15) is 10.4 Å². The molecule has 1 heterocycles. The zero-order valence-electron chi connectivity index (χ0n) is 15.0. The molecule has 1 aromatic heterocycles. The standard InChI is InChI=1S/C12H8ClN3O3.C6H5ClN2O2/c13-10-4-3-9(16(18)19)6-11(10)15-12(17)8-2-1-5-14-7-8;7-5-2-1-4(9(10)11)3-6(5)8/h1-7H,(H,15,17);1-3H,8H2. The number of carbonyl (C=O) groups is 1. The number of amides is 1. The molecule has 0 unspecified atom stereocenters. The summed E-state index contributed by atoms with van der Waals surface area (Å²) in [5, 5.41) is 23.9. The molecular weight excluding hydrogens is 437 g/mol. The molecule has 3 rings (SSSR count). The molecule has 3 aromatic rings. The molecule has 0 radical (unpaired) electrons. The van der Waals surface area contributed by atoms with Crippen LogP contribution in [0.5, 0.6) is 0 Å². The fraction of sp³-hybridized carbons (Fsp3) is 0. The van der Waals surface area contributed by atoms with Crippen LogP contribution in [-0.2, 0) is 0 Å². The number of nitrogens with zero attached hydrogens (tertiary/aromatic N) is 3. The Bertz CT molecular complexity index is 1100. The highest BCUT2D eigenvalue weighted by molar-refractivity contribution is 6.34. The minimum Gasteiger partial charge on any atom is -0.397 e. The molecule has 0 aliphatic heterocycles. The number of nitrogens with two attached hydrogens (primary N) is 1. The minimum absolute atomic E-state index is 0.0492. The van der Waals surface area contributed by atoms with Gasteiger partial charge in [-0.1, -0.05) is 23.2 Å². The van der Waals surface area contributed by atoms with Crippen LogP contribution in [0.3, 0.4) is 0 Å². The molecular formula is C18H13Cl2N5O5. The molecule has 1 amide bonds. The first-order valence-corrected chi connectivity index (χ1v) is 8.79. The van der Waals surface area contributed by atoms with E-state index in [1.54, 1.807) is 12.1 Å². The van der Waals surface area contributed by atoms with Gasteiger partial charge in [0.25, 0.3) is 17.3 Å². The van der Waals surface area contributed by atoms with E-state index in [0.717, 1.165) is 0 Å². The Morgan fingerprint density at radius 2 is 1.57 bits per heavy atom. The van der Waals surface area contributed by atoms with Crippen molar-refractivity contribution in [2.45, 2.75) is 0 Å². The number of anilines is 2. The number of pyridine rings is 1. The molecule has 0 aliphatic rings. The number of nitrogen functional groups attached to an aromatic ring is 1. The van der Waals surface area contributed by atoms with E-state index in [4.69, 9.17) is 28.9 Å². The first-order valence-electron chi connectivity index (χ1n) is 8.03. The highest BCUT2D eigenvalue weighted by atomic mass is 35.5. The van der Waals surface area contributed by atoms with Gasteiger partial charge in [-0.25, -0.2) is 0 Å². The second-order valence-corrected chi connectivity index (χ2v) is 6.39. The van der Waals surface area contributed by atoms with Crippen LogP contribution in [0.25, 0.3) is 0 Å². The lowest BCUT2D eigenvalue weighted by Gasteiger charge is -2.06. The van der Waals surface area contributed by atoms with Crippen molar-refractivity contribution in [3.8, 4) is 0 Å². The second-order valence-electron chi connectivity index (χ2n) is 5.58. The van der Waals surface area contributed by atoms with Gasteiger partial charge in [0, 0.05) is 36.7 Å². The average Bonchev–Trinajstić information content (AvgIpc) is 2.72. The molecule has 0 fully saturated rings. The smallest absolute Gasteiger partial charge is 0.271 e. The van der Waals surface area contributed by atoms with Gasteiger partial charge >= 0.3 is 0 Å². The molecule has 0 atom stereocenters. The molecule has 0 spiro atoms. The topological polar surface area (TPSA) is 154 Å². The lowest BCUT2D eigenvalue weighted by atomic mass is 10.2. The predicted octanol–water partition coefficient (Wildman–Crippen LogP) is 4.73. The summed E-state index contributed by atoms with van der Waals surface area (Å²) >= 11 is 11.4. The van der Waals surface area contributed by atoms with E-state index >= 15 is 0 Å². The van der Waals surface area contributed by atoms with E-state index in [2.05, 4.69) is 10.3 Å². The van der Waals surface area contributed by atoms with E-state index in [-0.39, 0.29) is 27.8 Å². The van der Waals surface area contributed by atoms with Gasteiger partial charge in [-0.2, -0.15) is 0 Å². The van der Waals surface area contributed by atoms with E-state index in [0.29, 0.717) is 10.6 Å². The molecule has 30 heavy (non-hydrogen) atoms. The summed E-state index contributed by atoms with van der Waals surface area (Å²) in [6.45, 7) is 0. The van der Waals surface area contributed by atoms with E-state index < -0.39 is 15.8 Å². The highest BCUT2D eigenvalue weighted by Gasteiger charge is 2.13. The molecule has 0 saturated heterocycles.